The third-order valence-electron chi connectivity index (χ3n) is 21.0. The van der Waals surface area contributed by atoms with Gasteiger partial charge in [-0.25, -0.2) is 0 Å². The summed E-state index contributed by atoms with van der Waals surface area (Å²) in [5.74, 6) is 14.5. The van der Waals surface area contributed by atoms with Crippen LogP contribution in [0.4, 0.5) is 0 Å². The molecule has 52 heavy (non-hydrogen) atoms. The van der Waals surface area contributed by atoms with Crippen molar-refractivity contribution in [1.82, 2.24) is 0 Å². The van der Waals surface area contributed by atoms with E-state index in [1.54, 1.807) is 0 Å². The van der Waals surface area contributed by atoms with Crippen LogP contribution in [0.3, 0.4) is 0 Å². The van der Waals surface area contributed by atoms with Crippen molar-refractivity contribution < 1.29 is 0 Å². The Morgan fingerprint density at radius 3 is 0.808 bits per heavy atom. The Bertz CT molecular complexity index is 950. The fourth-order valence-electron chi connectivity index (χ4n) is 12.1. The predicted octanol–water partition coefficient (Wildman–Crippen LogP) is 17.4. The summed E-state index contributed by atoms with van der Waals surface area (Å²) in [4.78, 5) is 0. The highest BCUT2D eigenvalue weighted by Gasteiger charge is 2.48. The van der Waals surface area contributed by atoms with Gasteiger partial charge in [-0.15, -0.1) is 0 Å². The Labute approximate surface area is 333 Å². The van der Waals surface area contributed by atoms with E-state index >= 15 is 0 Å². The fraction of sp³-hybridized carbons (Fsp3) is 1.00. The maximum absolute atomic E-state index is 2.72. The average molecular weight is 731 g/mol. The van der Waals surface area contributed by atoms with Crippen molar-refractivity contribution >= 4 is 0 Å². The molecule has 0 aromatic rings. The molecular formula is C52H106. The second kappa shape index (κ2) is 22.1. The molecule has 0 nitrogen and oxygen atoms in total. The minimum atomic E-state index is 0.300. The van der Waals surface area contributed by atoms with Gasteiger partial charge in [0, 0.05) is 0 Å². The SMILES string of the molecule is CCC(C)C(C)C(C)C(C)C(C)C(C)C(C)C(C)C(C)C(C)C(C)C(C)C(C)C(C)(C(C)CC)C(C)C(C)C(C)C(C)C(C)C(C)(CC)C(C)CC. The highest BCUT2D eigenvalue weighted by atomic mass is 14.5. The molecule has 0 heterocycles. The lowest BCUT2D eigenvalue weighted by molar-refractivity contribution is -0.0531. The minimum absolute atomic E-state index is 0.300. The van der Waals surface area contributed by atoms with Gasteiger partial charge in [-0.3, -0.25) is 0 Å². The Morgan fingerprint density at radius 1 is 0.288 bits per heavy atom. The van der Waals surface area contributed by atoms with Gasteiger partial charge in [-0.2, -0.15) is 0 Å². The van der Waals surface area contributed by atoms with E-state index in [1.807, 2.05) is 0 Å². The van der Waals surface area contributed by atoms with E-state index in [1.165, 1.54) is 25.7 Å². The lowest BCUT2D eigenvalue weighted by Crippen LogP contribution is -2.47. The summed E-state index contributed by atoms with van der Waals surface area (Å²) in [6.45, 7) is 66.8. The van der Waals surface area contributed by atoms with Crippen LogP contribution in [0.1, 0.15) is 206 Å². The monoisotopic (exact) mass is 731 g/mol. The number of hydrogen-bond donors (Lipinski definition) is 0. The van der Waals surface area contributed by atoms with E-state index < -0.39 is 0 Å². The van der Waals surface area contributed by atoms with Crippen LogP contribution in [0.2, 0.25) is 0 Å². The van der Waals surface area contributed by atoms with Crippen LogP contribution in [0.5, 0.6) is 0 Å². The first-order valence-corrected chi connectivity index (χ1v) is 23.7. The quantitative estimate of drug-likeness (QED) is 0.0877. The van der Waals surface area contributed by atoms with Gasteiger partial charge < -0.3 is 0 Å². The van der Waals surface area contributed by atoms with Gasteiger partial charge >= 0.3 is 0 Å². The van der Waals surface area contributed by atoms with Crippen LogP contribution in [-0.4, -0.2) is 0 Å². The Morgan fingerprint density at radius 2 is 0.538 bits per heavy atom. The van der Waals surface area contributed by atoms with Crippen molar-refractivity contribution in [2.24, 2.45) is 129 Å². The lowest BCUT2D eigenvalue weighted by Gasteiger charge is -2.54. The molecule has 0 aliphatic rings. The van der Waals surface area contributed by atoms with Crippen molar-refractivity contribution in [3.8, 4) is 0 Å². The predicted molar refractivity (Wildman–Crippen MR) is 241 cm³/mol. The zero-order chi connectivity index (χ0) is 41.4. The highest BCUT2D eigenvalue weighted by molar-refractivity contribution is 4.97. The van der Waals surface area contributed by atoms with Crippen molar-refractivity contribution in [2.75, 3.05) is 0 Å². The third-order valence-corrected chi connectivity index (χ3v) is 21.0. The van der Waals surface area contributed by atoms with E-state index in [-0.39, 0.29) is 0 Å². The average Bonchev–Trinajstić information content (AvgIpc) is 3.16. The van der Waals surface area contributed by atoms with E-state index in [2.05, 4.69) is 180 Å². The Balaban J connectivity index is 6.17. The summed E-state index contributed by atoms with van der Waals surface area (Å²) in [5, 5.41) is 0. The largest absolute Gasteiger partial charge is 0.0651 e. The smallest absolute Gasteiger partial charge is 0.0244 e. The van der Waals surface area contributed by atoms with Crippen LogP contribution >= 0.6 is 0 Å². The molecule has 0 aliphatic carbocycles. The zero-order valence-electron chi connectivity index (χ0n) is 41.4. The van der Waals surface area contributed by atoms with Crippen molar-refractivity contribution in [3.05, 3.63) is 0 Å². The Kier molecular flexibility index (Phi) is 22.1. The van der Waals surface area contributed by atoms with Crippen LogP contribution < -0.4 is 0 Å². The highest BCUT2D eigenvalue weighted by Crippen LogP contribution is 2.55. The molecule has 22 unspecified atom stereocenters. The van der Waals surface area contributed by atoms with Gasteiger partial charge in [0.2, 0.25) is 0 Å². The molecule has 0 fully saturated rings. The molecule has 0 aliphatic heterocycles. The topological polar surface area (TPSA) is 0 Å². The molecule has 0 spiro atoms. The minimum Gasteiger partial charge on any atom is -0.0651 e. The molecule has 0 saturated carbocycles. The van der Waals surface area contributed by atoms with Gasteiger partial charge in [0.25, 0.3) is 0 Å². The number of hydrogen-bond acceptors (Lipinski definition) is 0. The molecule has 314 valence electrons. The summed E-state index contributed by atoms with van der Waals surface area (Å²) in [6.07, 6.45) is 5.13. The van der Waals surface area contributed by atoms with Gasteiger partial charge in [-0.1, -0.05) is 206 Å². The molecule has 0 aromatic heterocycles. The molecule has 0 radical (unpaired) electrons. The second-order valence-corrected chi connectivity index (χ2v) is 21.6. The molecular weight excluding hydrogens is 625 g/mol. The zero-order valence-corrected chi connectivity index (χ0v) is 41.4. The molecule has 0 heteroatoms. The maximum Gasteiger partial charge on any atom is -0.0244 e. The van der Waals surface area contributed by atoms with E-state index in [0.717, 1.165) is 59.2 Å². The molecule has 0 saturated heterocycles. The molecule has 0 rings (SSSR count). The van der Waals surface area contributed by atoms with Crippen molar-refractivity contribution in [1.29, 1.82) is 0 Å². The van der Waals surface area contributed by atoms with Crippen molar-refractivity contribution in [3.63, 3.8) is 0 Å². The summed E-state index contributed by atoms with van der Waals surface area (Å²) >= 11 is 0. The lowest BCUT2D eigenvalue weighted by atomic mass is 9.51. The summed E-state index contributed by atoms with van der Waals surface area (Å²) in [5.41, 5.74) is 0.706. The van der Waals surface area contributed by atoms with Gasteiger partial charge in [0.05, 0.1) is 0 Å². The maximum atomic E-state index is 2.72. The van der Waals surface area contributed by atoms with Crippen molar-refractivity contribution in [2.45, 2.75) is 206 Å². The van der Waals surface area contributed by atoms with Crippen LogP contribution in [0, 0.1) is 129 Å². The first kappa shape index (κ1) is 52.0. The summed E-state index contributed by atoms with van der Waals surface area (Å²) in [6, 6.07) is 0. The molecule has 0 aromatic carbocycles. The molecule has 0 bridgehead atoms. The van der Waals surface area contributed by atoms with Crippen LogP contribution in [-0.2, 0) is 0 Å². The third kappa shape index (κ3) is 11.3. The fourth-order valence-corrected chi connectivity index (χ4v) is 12.1. The second-order valence-electron chi connectivity index (χ2n) is 21.6. The standard InChI is InChI=1S/C52H106/c1-27-31(5)34(8)35(9)36(10)37(11)38(12)39(13)40(14)41(15)42(16)43(17)46(20)49(23)52(26,33(7)29-3)50(24)47(21)44(18)45(19)48(22)51(25,30-4)32(6)28-2/h31-50H,27-30H2,1-26H3. The first-order chi connectivity index (χ1) is 23.7. The Hall–Kier alpha value is 0. The van der Waals surface area contributed by atoms with Crippen LogP contribution in [0.15, 0.2) is 0 Å². The molecule has 0 amide bonds. The summed E-state index contributed by atoms with van der Waals surface area (Å²) in [7, 11) is 0. The van der Waals surface area contributed by atoms with E-state index in [0.29, 0.717) is 70.0 Å². The van der Waals surface area contributed by atoms with Gasteiger partial charge in [-0.05, 0) is 129 Å². The van der Waals surface area contributed by atoms with Gasteiger partial charge in [0.1, 0.15) is 0 Å². The normalized spacial score (nSPS) is 26.9. The molecule has 22 atom stereocenters. The van der Waals surface area contributed by atoms with Gasteiger partial charge in [0.15, 0.2) is 0 Å². The van der Waals surface area contributed by atoms with E-state index in [9.17, 15) is 0 Å². The first-order valence-electron chi connectivity index (χ1n) is 23.7. The summed E-state index contributed by atoms with van der Waals surface area (Å²) < 4.78 is 0. The van der Waals surface area contributed by atoms with Crippen LogP contribution in [0.25, 0.3) is 0 Å². The number of rotatable bonds is 25. The van der Waals surface area contributed by atoms with E-state index in [4.69, 9.17) is 0 Å². The molecule has 0 N–H and O–H groups in total.